The molecule has 0 bridgehead atoms. The number of likely N-dealkylation sites (tertiary alicyclic amines) is 1. The van der Waals surface area contributed by atoms with Gasteiger partial charge in [-0.25, -0.2) is 23.5 Å². The van der Waals surface area contributed by atoms with E-state index in [9.17, 15) is 23.5 Å². The first-order valence-electron chi connectivity index (χ1n) is 14.1. The molecule has 1 saturated carbocycles. The van der Waals surface area contributed by atoms with Gasteiger partial charge in [0.2, 0.25) is 17.8 Å². The van der Waals surface area contributed by atoms with E-state index >= 15 is 0 Å². The Morgan fingerprint density at radius 2 is 1.76 bits per heavy atom. The van der Waals surface area contributed by atoms with E-state index in [0.717, 1.165) is 18.6 Å². The smallest absolute Gasteiger partial charge is 0.407 e. The number of halogens is 3. The summed E-state index contributed by atoms with van der Waals surface area (Å²) in [6.07, 6.45) is 4.23. The predicted octanol–water partition coefficient (Wildman–Crippen LogP) is 5.69. The van der Waals surface area contributed by atoms with E-state index in [-0.39, 0.29) is 52.3 Å². The Morgan fingerprint density at radius 1 is 1.10 bits per heavy atom. The number of nitrogens with one attached hydrogen (secondary N) is 2. The van der Waals surface area contributed by atoms with Gasteiger partial charge in [0.05, 0.1) is 18.3 Å². The van der Waals surface area contributed by atoms with Gasteiger partial charge in [-0.05, 0) is 56.1 Å². The molecule has 2 aliphatic rings. The molecule has 2 amide bonds. The highest BCUT2D eigenvalue weighted by Crippen LogP contribution is 2.38. The second kappa shape index (κ2) is 11.5. The number of hydrogen-bond acceptors (Lipinski definition) is 7. The van der Waals surface area contributed by atoms with Gasteiger partial charge in [-0.2, -0.15) is 4.98 Å². The molecule has 0 radical (unpaired) electrons. The molecule has 1 aromatic carbocycles. The van der Waals surface area contributed by atoms with Gasteiger partial charge in [-0.3, -0.25) is 9.36 Å². The number of amides is 2. The van der Waals surface area contributed by atoms with Crippen molar-refractivity contribution in [3.05, 3.63) is 35.0 Å². The SMILES string of the molecule is CC(C)(C)C1C(Nc2ncc3nc(Nc4c(F)cc(Cl)cc4F)n(C4CCC(C(N)=O)CC4)c3n2)CCCN1C(=O)O. The first-order chi connectivity index (χ1) is 19.8. The average molecular weight is 605 g/mol. The molecule has 1 aliphatic carbocycles. The summed E-state index contributed by atoms with van der Waals surface area (Å²) in [7, 11) is 0. The summed E-state index contributed by atoms with van der Waals surface area (Å²) >= 11 is 5.82. The second-order valence-corrected chi connectivity index (χ2v) is 12.6. The van der Waals surface area contributed by atoms with Crippen molar-refractivity contribution in [2.24, 2.45) is 17.1 Å². The molecule has 11 nitrogen and oxygen atoms in total. The van der Waals surface area contributed by atoms with Crippen molar-refractivity contribution < 1.29 is 23.5 Å². The number of primary amides is 1. The van der Waals surface area contributed by atoms with Crippen LogP contribution in [0.15, 0.2) is 18.3 Å². The van der Waals surface area contributed by atoms with Crippen LogP contribution < -0.4 is 16.4 Å². The summed E-state index contributed by atoms with van der Waals surface area (Å²) in [5.74, 6) is -1.89. The van der Waals surface area contributed by atoms with Gasteiger partial charge in [0.1, 0.15) is 11.2 Å². The first kappa shape index (κ1) is 29.7. The number of carbonyl (C=O) groups is 2. The number of nitrogens with zero attached hydrogens (tertiary/aromatic N) is 5. The molecule has 3 aromatic rings. The van der Waals surface area contributed by atoms with Crippen LogP contribution >= 0.6 is 11.6 Å². The summed E-state index contributed by atoms with van der Waals surface area (Å²) in [6, 6.07) is 1.26. The average Bonchev–Trinajstić information content (AvgIpc) is 3.27. The largest absolute Gasteiger partial charge is 0.465 e. The molecule has 2 atom stereocenters. The number of rotatable bonds is 6. The van der Waals surface area contributed by atoms with Crippen molar-refractivity contribution in [2.75, 3.05) is 17.2 Å². The number of anilines is 3. The molecule has 2 unspecified atom stereocenters. The number of benzene rings is 1. The Kier molecular flexibility index (Phi) is 8.15. The maximum Gasteiger partial charge on any atom is 0.407 e. The van der Waals surface area contributed by atoms with Crippen LogP contribution in [0.25, 0.3) is 11.2 Å². The topological polar surface area (TPSA) is 151 Å². The Balaban J connectivity index is 1.54. The monoisotopic (exact) mass is 604 g/mol. The fourth-order valence-corrected chi connectivity index (χ4v) is 6.58. The van der Waals surface area contributed by atoms with Crippen molar-refractivity contribution in [1.29, 1.82) is 0 Å². The third-order valence-electron chi connectivity index (χ3n) is 8.22. The number of hydrogen-bond donors (Lipinski definition) is 4. The van der Waals surface area contributed by atoms with Crippen LogP contribution in [0, 0.1) is 23.0 Å². The molecule has 226 valence electrons. The van der Waals surface area contributed by atoms with Crippen LogP contribution in [0.3, 0.4) is 0 Å². The fraction of sp³-hybridized carbons (Fsp3) is 0.536. The molecule has 3 heterocycles. The molecule has 14 heteroatoms. The Labute approximate surface area is 246 Å². The third kappa shape index (κ3) is 5.92. The summed E-state index contributed by atoms with van der Waals surface area (Å²) in [6.45, 7) is 6.45. The molecular formula is C28H35ClF2N8O3. The van der Waals surface area contributed by atoms with Crippen molar-refractivity contribution in [3.63, 3.8) is 0 Å². The van der Waals surface area contributed by atoms with E-state index in [2.05, 4.69) is 20.6 Å². The van der Waals surface area contributed by atoms with Gasteiger partial charge in [0, 0.05) is 23.5 Å². The lowest BCUT2D eigenvalue weighted by Crippen LogP contribution is -2.58. The minimum Gasteiger partial charge on any atom is -0.465 e. The summed E-state index contributed by atoms with van der Waals surface area (Å²) in [5.41, 5.74) is 5.62. The summed E-state index contributed by atoms with van der Waals surface area (Å²) in [5, 5.41) is 16.0. The Hall–Kier alpha value is -3.74. The summed E-state index contributed by atoms with van der Waals surface area (Å²) < 4.78 is 31.3. The molecule has 2 aromatic heterocycles. The number of carboxylic acid groups (broad SMARTS) is 1. The maximum absolute atomic E-state index is 14.8. The van der Waals surface area contributed by atoms with Crippen LogP contribution in [0.1, 0.15) is 65.3 Å². The number of fused-ring (bicyclic) bond motifs is 1. The second-order valence-electron chi connectivity index (χ2n) is 12.2. The highest BCUT2D eigenvalue weighted by Gasteiger charge is 2.42. The number of aromatic nitrogens is 4. The molecule has 0 spiro atoms. The molecule has 1 aliphatic heterocycles. The van der Waals surface area contributed by atoms with Gasteiger partial charge in [-0.15, -0.1) is 0 Å². The van der Waals surface area contributed by atoms with Gasteiger partial charge in [-0.1, -0.05) is 32.4 Å². The van der Waals surface area contributed by atoms with Crippen molar-refractivity contribution >= 4 is 52.3 Å². The zero-order valence-electron chi connectivity index (χ0n) is 23.7. The van der Waals surface area contributed by atoms with E-state index < -0.39 is 23.4 Å². The van der Waals surface area contributed by atoms with Gasteiger partial charge in [0.25, 0.3) is 0 Å². The van der Waals surface area contributed by atoms with Crippen molar-refractivity contribution in [2.45, 2.75) is 77.4 Å². The number of piperidine rings is 1. The lowest BCUT2D eigenvalue weighted by molar-refractivity contribution is -0.122. The zero-order valence-corrected chi connectivity index (χ0v) is 24.5. The van der Waals surface area contributed by atoms with E-state index in [1.807, 2.05) is 20.8 Å². The van der Waals surface area contributed by atoms with E-state index in [0.29, 0.717) is 49.8 Å². The molecule has 42 heavy (non-hydrogen) atoms. The zero-order chi connectivity index (χ0) is 30.3. The van der Waals surface area contributed by atoms with Crippen LogP contribution in [-0.2, 0) is 4.79 Å². The molecule has 5 N–H and O–H groups in total. The first-order valence-corrected chi connectivity index (χ1v) is 14.4. The quantitative estimate of drug-likeness (QED) is 0.280. The minimum atomic E-state index is -0.972. The predicted molar refractivity (Wildman–Crippen MR) is 155 cm³/mol. The Morgan fingerprint density at radius 3 is 2.36 bits per heavy atom. The van der Waals surface area contributed by atoms with Crippen molar-refractivity contribution in [1.82, 2.24) is 24.4 Å². The van der Waals surface area contributed by atoms with Crippen LogP contribution in [0.2, 0.25) is 5.02 Å². The lowest BCUT2D eigenvalue weighted by atomic mass is 9.77. The normalized spacial score (nSPS) is 23.1. The number of carbonyl (C=O) groups excluding carboxylic acids is 1. The van der Waals surface area contributed by atoms with Crippen LogP contribution in [0.4, 0.5) is 31.2 Å². The minimum absolute atomic E-state index is 0.0758. The van der Waals surface area contributed by atoms with E-state index in [4.69, 9.17) is 22.3 Å². The van der Waals surface area contributed by atoms with Gasteiger partial charge >= 0.3 is 6.09 Å². The van der Waals surface area contributed by atoms with Gasteiger partial charge in [0.15, 0.2) is 17.3 Å². The molecule has 2 fully saturated rings. The molecular weight excluding hydrogens is 570 g/mol. The number of nitrogens with two attached hydrogens (primary N) is 1. The van der Waals surface area contributed by atoms with Crippen LogP contribution in [0.5, 0.6) is 0 Å². The van der Waals surface area contributed by atoms with Crippen LogP contribution in [-0.4, -0.2) is 60.2 Å². The highest BCUT2D eigenvalue weighted by atomic mass is 35.5. The molecule has 5 rings (SSSR count). The van der Waals surface area contributed by atoms with Crippen molar-refractivity contribution in [3.8, 4) is 0 Å². The Bertz CT molecular complexity index is 1480. The highest BCUT2D eigenvalue weighted by molar-refractivity contribution is 6.30. The van der Waals surface area contributed by atoms with Gasteiger partial charge < -0.3 is 26.4 Å². The standard InChI is InChI=1S/C28H35ClF2N8O3/c1-28(2,3)22-19(5-4-10-38(22)27(41)42)34-25-33-13-20-24(37-25)39(16-8-6-14(7-9-16)23(32)40)26(35-20)36-21-17(30)11-15(29)12-18(21)31/h11-14,16,19,22H,4-10H2,1-3H3,(H2,32,40)(H,35,36)(H,41,42)(H,33,34,37). The summed E-state index contributed by atoms with van der Waals surface area (Å²) in [4.78, 5) is 39.1. The third-order valence-corrected chi connectivity index (χ3v) is 8.44. The molecule has 1 saturated heterocycles. The van der Waals surface area contributed by atoms with E-state index in [1.165, 1.54) is 11.1 Å². The fourth-order valence-electron chi connectivity index (χ4n) is 6.38. The number of imidazole rings is 1. The maximum atomic E-state index is 14.8. The lowest BCUT2D eigenvalue weighted by Gasteiger charge is -2.46. The van der Waals surface area contributed by atoms with E-state index in [1.54, 1.807) is 4.57 Å².